The topological polar surface area (TPSA) is 77.5 Å². The van der Waals surface area contributed by atoms with Crippen LogP contribution in [0.4, 0.5) is 0 Å². The van der Waals surface area contributed by atoms with Gasteiger partial charge in [0, 0.05) is 16.7 Å². The highest BCUT2D eigenvalue weighted by molar-refractivity contribution is 7.93. The van der Waals surface area contributed by atoms with Crippen molar-refractivity contribution in [1.29, 1.82) is 0 Å². The molecule has 41 heavy (non-hydrogen) atoms. The smallest absolute Gasteiger partial charge is 0.195 e. The molecule has 0 radical (unpaired) electrons. The minimum atomic E-state index is -4.12. The summed E-state index contributed by atoms with van der Waals surface area (Å²) in [4.78, 5) is 26.7. The van der Waals surface area contributed by atoms with Crippen molar-refractivity contribution in [2.45, 2.75) is 23.5 Å². The molecule has 0 aliphatic heterocycles. The highest BCUT2D eigenvalue weighted by Gasteiger charge is 2.48. The number of ether oxygens (including phenoxy) is 1. The molecule has 0 amide bonds. The third-order valence-electron chi connectivity index (χ3n) is 7.13. The Kier molecular flexibility index (Phi) is 7.68. The van der Waals surface area contributed by atoms with Crippen LogP contribution in [0.2, 0.25) is 0 Å². The SMILES string of the molecule is Cc1ccc(S(=O)(=O)C(C)(C(=O)c2ccc(Oc3ccc(C(=O)c4ccccc4)cc3)cc2)c2ccccc2)cc1. The third-order valence-corrected chi connectivity index (χ3v) is 9.52. The summed E-state index contributed by atoms with van der Waals surface area (Å²) in [6.45, 7) is 3.34. The molecular formula is C35H28O5S. The number of ketones is 2. The van der Waals surface area contributed by atoms with E-state index in [-0.39, 0.29) is 16.2 Å². The molecule has 0 aromatic heterocycles. The van der Waals surface area contributed by atoms with Crippen molar-refractivity contribution in [3.63, 3.8) is 0 Å². The lowest BCUT2D eigenvalue weighted by atomic mass is 9.91. The fraction of sp³-hybridized carbons (Fsp3) is 0.0857. The first-order valence-corrected chi connectivity index (χ1v) is 14.6. The molecule has 0 N–H and O–H groups in total. The summed E-state index contributed by atoms with van der Waals surface area (Å²) in [7, 11) is -4.12. The van der Waals surface area contributed by atoms with Crippen molar-refractivity contribution >= 4 is 21.4 Å². The average Bonchev–Trinajstić information content (AvgIpc) is 3.01. The maximum Gasteiger partial charge on any atom is 0.195 e. The molecule has 0 saturated carbocycles. The zero-order valence-corrected chi connectivity index (χ0v) is 23.5. The van der Waals surface area contributed by atoms with E-state index in [0.29, 0.717) is 28.2 Å². The number of hydrogen-bond donors (Lipinski definition) is 0. The normalized spacial score (nSPS) is 12.7. The van der Waals surface area contributed by atoms with Gasteiger partial charge in [0.25, 0.3) is 0 Å². The summed E-state index contributed by atoms with van der Waals surface area (Å²) in [5.74, 6) is 0.359. The first-order valence-electron chi connectivity index (χ1n) is 13.1. The van der Waals surface area contributed by atoms with E-state index in [9.17, 15) is 18.0 Å². The number of hydrogen-bond acceptors (Lipinski definition) is 5. The number of rotatable bonds is 9. The maximum atomic E-state index is 14.0. The van der Waals surface area contributed by atoms with Gasteiger partial charge in [-0.25, -0.2) is 8.42 Å². The maximum absolute atomic E-state index is 14.0. The summed E-state index contributed by atoms with van der Waals surface area (Å²) in [5, 5.41) is 0. The molecule has 5 aromatic carbocycles. The van der Waals surface area contributed by atoms with Gasteiger partial charge in [0.2, 0.25) is 0 Å². The minimum Gasteiger partial charge on any atom is -0.457 e. The number of benzene rings is 5. The fourth-order valence-corrected chi connectivity index (χ4v) is 6.41. The van der Waals surface area contributed by atoms with Crippen molar-refractivity contribution in [2.24, 2.45) is 0 Å². The summed E-state index contributed by atoms with van der Waals surface area (Å²) in [5.41, 5.74) is 2.69. The molecule has 5 nitrogen and oxygen atoms in total. The Balaban J connectivity index is 1.40. The number of sulfone groups is 1. The Bertz CT molecular complexity index is 1780. The van der Waals surface area contributed by atoms with E-state index in [4.69, 9.17) is 4.74 Å². The van der Waals surface area contributed by atoms with E-state index >= 15 is 0 Å². The predicted molar refractivity (Wildman–Crippen MR) is 159 cm³/mol. The van der Waals surface area contributed by atoms with Crippen LogP contribution in [0.25, 0.3) is 0 Å². The summed E-state index contributed by atoms with van der Waals surface area (Å²) >= 11 is 0. The van der Waals surface area contributed by atoms with Crippen molar-refractivity contribution in [3.05, 3.63) is 161 Å². The number of aryl methyl sites for hydroxylation is 1. The molecule has 0 fully saturated rings. The predicted octanol–water partition coefficient (Wildman–Crippen LogP) is 7.59. The van der Waals surface area contributed by atoms with Crippen LogP contribution in [0.3, 0.4) is 0 Å². The highest BCUT2D eigenvalue weighted by Crippen LogP contribution is 2.39. The third kappa shape index (κ3) is 5.47. The van der Waals surface area contributed by atoms with Crippen LogP contribution in [0.5, 0.6) is 11.5 Å². The molecule has 0 spiro atoms. The summed E-state index contributed by atoms with van der Waals surface area (Å²) in [6.07, 6.45) is 0. The zero-order chi connectivity index (χ0) is 29.0. The van der Waals surface area contributed by atoms with Crippen molar-refractivity contribution in [3.8, 4) is 11.5 Å². The standard InChI is InChI=1S/C35H28O5S/c1-25-13-23-32(24-14-25)41(38,39)35(2,29-11-7-4-8-12-29)34(37)28-17-21-31(22-18-28)40-30-19-15-27(16-20-30)33(36)26-9-5-3-6-10-26/h3-24H,1-2H3. The second kappa shape index (κ2) is 11.4. The van der Waals surface area contributed by atoms with Gasteiger partial charge in [-0.05, 0) is 80.1 Å². The molecule has 5 rings (SSSR count). The molecule has 0 heterocycles. The quantitative estimate of drug-likeness (QED) is 0.174. The van der Waals surface area contributed by atoms with Gasteiger partial charge in [-0.3, -0.25) is 9.59 Å². The number of carbonyl (C=O) groups is 2. The second-order valence-electron chi connectivity index (χ2n) is 9.89. The van der Waals surface area contributed by atoms with E-state index in [0.717, 1.165) is 5.56 Å². The molecule has 1 atom stereocenters. The number of carbonyl (C=O) groups excluding carboxylic acids is 2. The van der Waals surface area contributed by atoms with Crippen LogP contribution in [-0.2, 0) is 14.6 Å². The van der Waals surface area contributed by atoms with Crippen LogP contribution in [0.15, 0.2) is 138 Å². The number of Topliss-reactive ketones (excluding diaryl/α,β-unsaturated/α-hetero) is 1. The lowest BCUT2D eigenvalue weighted by Crippen LogP contribution is -2.41. The van der Waals surface area contributed by atoms with E-state index in [1.54, 1.807) is 103 Å². The van der Waals surface area contributed by atoms with Crippen LogP contribution in [0, 0.1) is 6.92 Å². The Morgan fingerprint density at radius 1 is 0.585 bits per heavy atom. The minimum absolute atomic E-state index is 0.0805. The molecule has 0 aliphatic rings. The molecule has 6 heteroatoms. The van der Waals surface area contributed by atoms with Gasteiger partial charge in [-0.2, -0.15) is 0 Å². The Morgan fingerprint density at radius 2 is 1.05 bits per heavy atom. The Morgan fingerprint density at radius 3 is 1.59 bits per heavy atom. The monoisotopic (exact) mass is 560 g/mol. The summed E-state index contributed by atoms with van der Waals surface area (Å²) < 4.78 is 32.0. The van der Waals surface area contributed by atoms with Gasteiger partial charge >= 0.3 is 0 Å². The molecule has 0 saturated heterocycles. The molecule has 5 aromatic rings. The first kappa shape index (κ1) is 27.7. The van der Waals surface area contributed by atoms with Gasteiger partial charge in [0.1, 0.15) is 11.5 Å². The Labute approximate surface area is 240 Å². The van der Waals surface area contributed by atoms with Gasteiger partial charge in [0.05, 0.1) is 4.90 Å². The largest absolute Gasteiger partial charge is 0.457 e. The molecule has 1 unspecified atom stereocenters. The zero-order valence-electron chi connectivity index (χ0n) is 22.7. The van der Waals surface area contributed by atoms with Crippen LogP contribution in [0.1, 0.15) is 44.3 Å². The lowest BCUT2D eigenvalue weighted by Gasteiger charge is -2.29. The van der Waals surface area contributed by atoms with E-state index in [2.05, 4.69) is 0 Å². The highest BCUT2D eigenvalue weighted by atomic mass is 32.2. The van der Waals surface area contributed by atoms with Gasteiger partial charge in [0.15, 0.2) is 26.2 Å². The molecular weight excluding hydrogens is 532 g/mol. The van der Waals surface area contributed by atoms with Crippen molar-refractivity contribution in [2.75, 3.05) is 0 Å². The molecule has 204 valence electrons. The Hall–Kier alpha value is -4.81. The average molecular weight is 561 g/mol. The van der Waals surface area contributed by atoms with Crippen LogP contribution in [-0.4, -0.2) is 20.0 Å². The van der Waals surface area contributed by atoms with Gasteiger partial charge in [-0.1, -0.05) is 78.4 Å². The van der Waals surface area contributed by atoms with Crippen LogP contribution < -0.4 is 4.74 Å². The fourth-order valence-electron chi connectivity index (χ4n) is 4.63. The molecule has 0 aliphatic carbocycles. The lowest BCUT2D eigenvalue weighted by molar-refractivity contribution is 0.0944. The second-order valence-corrected chi connectivity index (χ2v) is 12.2. The summed E-state index contributed by atoms with van der Waals surface area (Å²) in [6, 6.07) is 37.3. The first-order chi connectivity index (χ1) is 19.7. The van der Waals surface area contributed by atoms with Gasteiger partial charge in [-0.15, -0.1) is 0 Å². The van der Waals surface area contributed by atoms with Crippen molar-refractivity contribution < 1.29 is 22.7 Å². The van der Waals surface area contributed by atoms with Gasteiger partial charge < -0.3 is 4.74 Å². The molecule has 0 bridgehead atoms. The van der Waals surface area contributed by atoms with Crippen molar-refractivity contribution in [1.82, 2.24) is 0 Å². The van der Waals surface area contributed by atoms with Crippen LogP contribution >= 0.6 is 0 Å². The van der Waals surface area contributed by atoms with E-state index < -0.39 is 20.4 Å². The van der Waals surface area contributed by atoms with E-state index in [1.165, 1.54) is 19.1 Å². The van der Waals surface area contributed by atoms with E-state index in [1.807, 2.05) is 25.1 Å².